The third-order valence-electron chi connectivity index (χ3n) is 6.17. The lowest BCUT2D eigenvalue weighted by molar-refractivity contribution is -0.137. The Hall–Kier alpha value is -1.92. The van der Waals surface area contributed by atoms with E-state index in [2.05, 4.69) is 22.3 Å². The van der Waals surface area contributed by atoms with Crippen molar-refractivity contribution in [3.63, 3.8) is 0 Å². The van der Waals surface area contributed by atoms with Crippen molar-refractivity contribution in [2.45, 2.75) is 31.1 Å². The maximum Gasteiger partial charge on any atom is 0.236 e. The van der Waals surface area contributed by atoms with E-state index in [-0.39, 0.29) is 29.8 Å². The highest BCUT2D eigenvalue weighted by Crippen LogP contribution is 2.33. The van der Waals surface area contributed by atoms with Crippen LogP contribution in [0.3, 0.4) is 0 Å². The lowest BCUT2D eigenvalue weighted by atomic mass is 9.75. The van der Waals surface area contributed by atoms with Gasteiger partial charge in [0.1, 0.15) is 0 Å². The molecule has 0 aliphatic carbocycles. The van der Waals surface area contributed by atoms with E-state index in [0.29, 0.717) is 26.2 Å². The van der Waals surface area contributed by atoms with E-state index in [9.17, 15) is 14.7 Å². The van der Waals surface area contributed by atoms with Crippen molar-refractivity contribution in [1.82, 2.24) is 15.1 Å². The zero-order chi connectivity index (χ0) is 19.3. The zero-order valence-corrected chi connectivity index (χ0v) is 16.2. The molecule has 2 aliphatic rings. The van der Waals surface area contributed by atoms with Gasteiger partial charge in [-0.3, -0.25) is 14.5 Å². The van der Waals surface area contributed by atoms with Gasteiger partial charge in [0.15, 0.2) is 0 Å². The number of amides is 2. The number of aliphatic hydroxyl groups is 1. The number of rotatable bonds is 5. The maximum atomic E-state index is 12.8. The Morgan fingerprint density at radius 3 is 2.52 bits per heavy atom. The fraction of sp³-hybridized carbons (Fsp3) is 0.619. The van der Waals surface area contributed by atoms with E-state index < -0.39 is 0 Å². The Bertz CT molecular complexity index is 643. The highest BCUT2D eigenvalue weighted by Gasteiger charge is 2.37. The summed E-state index contributed by atoms with van der Waals surface area (Å²) in [7, 11) is 1.66. The molecule has 2 amide bonds. The minimum atomic E-state index is -0.286. The van der Waals surface area contributed by atoms with Crippen molar-refractivity contribution in [2.24, 2.45) is 5.92 Å². The van der Waals surface area contributed by atoms with Gasteiger partial charge in [0.2, 0.25) is 11.8 Å². The lowest BCUT2D eigenvalue weighted by Gasteiger charge is -2.42. The molecular formula is C21H31N3O3. The predicted octanol–water partition coefficient (Wildman–Crippen LogP) is 0.997. The Morgan fingerprint density at radius 2 is 1.89 bits per heavy atom. The van der Waals surface area contributed by atoms with Gasteiger partial charge in [-0.2, -0.15) is 0 Å². The molecule has 0 radical (unpaired) electrons. The molecule has 2 fully saturated rings. The number of carbonyl (C=O) groups is 2. The largest absolute Gasteiger partial charge is 0.395 e. The highest BCUT2D eigenvalue weighted by molar-refractivity contribution is 5.80. The Labute approximate surface area is 161 Å². The molecule has 1 atom stereocenters. The van der Waals surface area contributed by atoms with Gasteiger partial charge >= 0.3 is 0 Å². The number of hydrogen-bond donors (Lipinski definition) is 2. The van der Waals surface area contributed by atoms with Gasteiger partial charge in [-0.1, -0.05) is 30.3 Å². The second-order valence-electron chi connectivity index (χ2n) is 7.89. The molecule has 2 saturated heterocycles. The Morgan fingerprint density at radius 1 is 1.19 bits per heavy atom. The van der Waals surface area contributed by atoms with Crippen LogP contribution in [0.25, 0.3) is 0 Å². The molecule has 2 aliphatic heterocycles. The number of piperidine rings is 2. The van der Waals surface area contributed by atoms with Gasteiger partial charge in [-0.15, -0.1) is 0 Å². The average Bonchev–Trinajstić information content (AvgIpc) is 2.74. The molecule has 1 aromatic rings. The second kappa shape index (κ2) is 8.85. The Balaban J connectivity index is 1.58. The third-order valence-corrected chi connectivity index (χ3v) is 6.17. The first kappa shape index (κ1) is 19.8. The second-order valence-corrected chi connectivity index (χ2v) is 7.89. The van der Waals surface area contributed by atoms with Crippen LogP contribution in [0.2, 0.25) is 0 Å². The quantitative estimate of drug-likeness (QED) is 0.808. The standard InChI is InChI=1S/C21H31N3O3/c1-22-20(27)17-8-12-24(13-9-17)19(26)14-23-11-5-10-21(15-23,16-25)18-6-3-2-4-7-18/h2-4,6-7,17,25H,5,8-16H2,1H3,(H,22,27). The predicted molar refractivity (Wildman–Crippen MR) is 104 cm³/mol. The smallest absolute Gasteiger partial charge is 0.236 e. The van der Waals surface area contributed by atoms with Crippen LogP contribution in [0.4, 0.5) is 0 Å². The first-order chi connectivity index (χ1) is 13.1. The summed E-state index contributed by atoms with van der Waals surface area (Å²) in [6.45, 7) is 3.37. The molecule has 1 unspecified atom stereocenters. The summed E-state index contributed by atoms with van der Waals surface area (Å²) in [6, 6.07) is 10.2. The average molecular weight is 373 g/mol. The molecule has 0 aromatic heterocycles. The molecule has 27 heavy (non-hydrogen) atoms. The first-order valence-corrected chi connectivity index (χ1v) is 9.96. The lowest BCUT2D eigenvalue weighted by Crippen LogP contribution is -2.52. The summed E-state index contributed by atoms with van der Waals surface area (Å²) in [5, 5.41) is 12.8. The molecule has 0 bridgehead atoms. The van der Waals surface area contributed by atoms with Gasteiger partial charge in [-0.25, -0.2) is 0 Å². The SMILES string of the molecule is CNC(=O)C1CCN(C(=O)CN2CCCC(CO)(c3ccccc3)C2)CC1. The summed E-state index contributed by atoms with van der Waals surface area (Å²) in [5.74, 6) is 0.232. The van der Waals surface area contributed by atoms with Gasteiger partial charge in [0.05, 0.1) is 13.2 Å². The van der Waals surface area contributed by atoms with Crippen LogP contribution >= 0.6 is 0 Å². The first-order valence-electron chi connectivity index (χ1n) is 9.96. The van der Waals surface area contributed by atoms with Crippen molar-refractivity contribution in [3.05, 3.63) is 35.9 Å². The van der Waals surface area contributed by atoms with Crippen LogP contribution in [0.1, 0.15) is 31.2 Å². The van der Waals surface area contributed by atoms with E-state index in [1.165, 1.54) is 0 Å². The van der Waals surface area contributed by atoms with E-state index in [1.807, 2.05) is 23.1 Å². The van der Waals surface area contributed by atoms with Crippen molar-refractivity contribution in [2.75, 3.05) is 46.4 Å². The van der Waals surface area contributed by atoms with Crippen LogP contribution < -0.4 is 5.32 Å². The van der Waals surface area contributed by atoms with Crippen molar-refractivity contribution >= 4 is 11.8 Å². The topological polar surface area (TPSA) is 72.9 Å². The van der Waals surface area contributed by atoms with Gasteiger partial charge in [0, 0.05) is 38.0 Å². The maximum absolute atomic E-state index is 12.8. The van der Waals surface area contributed by atoms with Crippen LogP contribution in [0.15, 0.2) is 30.3 Å². The van der Waals surface area contributed by atoms with Crippen LogP contribution in [0.5, 0.6) is 0 Å². The number of aliphatic hydroxyl groups excluding tert-OH is 1. The number of nitrogens with one attached hydrogen (secondary N) is 1. The third kappa shape index (κ3) is 4.50. The van der Waals surface area contributed by atoms with Crippen molar-refractivity contribution in [3.8, 4) is 0 Å². The van der Waals surface area contributed by atoms with Crippen LogP contribution in [-0.2, 0) is 15.0 Å². The number of nitrogens with zero attached hydrogens (tertiary/aromatic N) is 2. The molecule has 148 valence electrons. The van der Waals surface area contributed by atoms with Gasteiger partial charge in [0.25, 0.3) is 0 Å². The fourth-order valence-electron chi connectivity index (χ4n) is 4.50. The fourth-order valence-corrected chi connectivity index (χ4v) is 4.50. The van der Waals surface area contributed by atoms with Crippen LogP contribution in [0, 0.1) is 5.92 Å². The molecule has 6 heteroatoms. The summed E-state index contributed by atoms with van der Waals surface area (Å²) < 4.78 is 0. The highest BCUT2D eigenvalue weighted by atomic mass is 16.3. The molecular weight excluding hydrogens is 342 g/mol. The van der Waals surface area contributed by atoms with E-state index in [1.54, 1.807) is 7.05 Å². The summed E-state index contributed by atoms with van der Waals surface area (Å²) in [6.07, 6.45) is 3.38. The summed E-state index contributed by atoms with van der Waals surface area (Å²) in [5.41, 5.74) is 0.863. The van der Waals surface area contributed by atoms with E-state index in [0.717, 1.165) is 37.8 Å². The summed E-state index contributed by atoms with van der Waals surface area (Å²) in [4.78, 5) is 28.6. The van der Waals surface area contributed by atoms with Gasteiger partial charge in [-0.05, 0) is 37.8 Å². The zero-order valence-electron chi connectivity index (χ0n) is 16.2. The number of hydrogen-bond acceptors (Lipinski definition) is 4. The van der Waals surface area contributed by atoms with Gasteiger partial charge < -0.3 is 15.3 Å². The monoisotopic (exact) mass is 373 g/mol. The molecule has 0 spiro atoms. The molecule has 2 N–H and O–H groups in total. The number of carbonyl (C=O) groups excluding carboxylic acids is 2. The Kier molecular flexibility index (Phi) is 6.50. The van der Waals surface area contributed by atoms with Crippen LogP contribution in [-0.4, -0.2) is 73.1 Å². The van der Waals surface area contributed by atoms with E-state index >= 15 is 0 Å². The number of likely N-dealkylation sites (tertiary alicyclic amines) is 2. The minimum absolute atomic E-state index is 0.0224. The van der Waals surface area contributed by atoms with Crippen molar-refractivity contribution in [1.29, 1.82) is 0 Å². The molecule has 3 rings (SSSR count). The van der Waals surface area contributed by atoms with Crippen molar-refractivity contribution < 1.29 is 14.7 Å². The molecule has 1 aromatic carbocycles. The number of benzene rings is 1. The summed E-state index contributed by atoms with van der Waals surface area (Å²) >= 11 is 0. The minimum Gasteiger partial charge on any atom is -0.395 e. The molecule has 6 nitrogen and oxygen atoms in total. The molecule has 2 heterocycles. The van der Waals surface area contributed by atoms with E-state index in [4.69, 9.17) is 0 Å². The normalized spacial score (nSPS) is 24.6. The molecule has 0 saturated carbocycles.